The minimum absolute atomic E-state index is 0.694. The van der Waals surface area contributed by atoms with Crippen molar-refractivity contribution >= 4 is 5.96 Å². The second-order valence-electron chi connectivity index (χ2n) is 6.26. The van der Waals surface area contributed by atoms with Gasteiger partial charge in [0.2, 0.25) is 0 Å². The van der Waals surface area contributed by atoms with Crippen LogP contribution in [0.4, 0.5) is 0 Å². The number of imidazole rings is 1. The summed E-state index contributed by atoms with van der Waals surface area (Å²) in [6.07, 6.45) is 7.95. The third kappa shape index (κ3) is 5.37. The zero-order valence-corrected chi connectivity index (χ0v) is 15.1. The van der Waals surface area contributed by atoms with Gasteiger partial charge in [0.1, 0.15) is 11.6 Å². The van der Waals surface area contributed by atoms with Crippen molar-refractivity contribution in [3.8, 4) is 5.82 Å². The highest BCUT2D eigenvalue weighted by atomic mass is 15.2. The molecule has 6 heteroatoms. The van der Waals surface area contributed by atoms with Crippen molar-refractivity contribution in [3.05, 3.63) is 42.1 Å². The maximum Gasteiger partial charge on any atom is 0.191 e. The van der Waals surface area contributed by atoms with E-state index in [1.165, 1.54) is 6.42 Å². The molecule has 0 aliphatic carbocycles. The first-order valence-electron chi connectivity index (χ1n) is 8.50. The third-order valence-corrected chi connectivity index (χ3v) is 3.82. The minimum Gasteiger partial charge on any atom is -0.356 e. The summed E-state index contributed by atoms with van der Waals surface area (Å²) in [5.41, 5.74) is 1.11. The van der Waals surface area contributed by atoms with Gasteiger partial charge in [0.15, 0.2) is 5.96 Å². The van der Waals surface area contributed by atoms with Crippen LogP contribution in [-0.2, 0) is 6.54 Å². The molecular weight excluding hydrogens is 300 g/mol. The molecule has 0 saturated heterocycles. The maximum atomic E-state index is 4.50. The fourth-order valence-corrected chi connectivity index (χ4v) is 2.41. The van der Waals surface area contributed by atoms with E-state index in [-0.39, 0.29) is 0 Å². The molecule has 6 nitrogen and oxygen atoms in total. The number of rotatable bonds is 7. The van der Waals surface area contributed by atoms with Crippen LogP contribution in [0.2, 0.25) is 0 Å². The van der Waals surface area contributed by atoms with Gasteiger partial charge in [0.25, 0.3) is 0 Å². The van der Waals surface area contributed by atoms with Crippen LogP contribution in [0.15, 0.2) is 35.7 Å². The lowest BCUT2D eigenvalue weighted by atomic mass is 10.1. The quantitative estimate of drug-likeness (QED) is 0.466. The number of hydrogen-bond donors (Lipinski definition) is 2. The molecule has 0 fully saturated rings. The molecule has 2 aromatic rings. The van der Waals surface area contributed by atoms with E-state index in [0.717, 1.165) is 42.0 Å². The lowest BCUT2D eigenvalue weighted by molar-refractivity contribution is 0.549. The van der Waals surface area contributed by atoms with Crippen LogP contribution in [0.3, 0.4) is 0 Å². The van der Waals surface area contributed by atoms with E-state index in [2.05, 4.69) is 45.5 Å². The monoisotopic (exact) mass is 328 g/mol. The predicted molar refractivity (Wildman–Crippen MR) is 98.4 cm³/mol. The summed E-state index contributed by atoms with van der Waals surface area (Å²) < 4.78 is 1.96. The molecule has 130 valence electrons. The Kier molecular flexibility index (Phi) is 6.78. The van der Waals surface area contributed by atoms with Gasteiger partial charge >= 0.3 is 0 Å². The number of aryl methyl sites for hydroxylation is 1. The molecular formula is C18H28N6. The van der Waals surface area contributed by atoms with Gasteiger partial charge in [-0.25, -0.2) is 9.97 Å². The van der Waals surface area contributed by atoms with Gasteiger partial charge in [0.05, 0.1) is 0 Å². The minimum atomic E-state index is 0.694. The number of nitrogens with zero attached hydrogens (tertiary/aromatic N) is 4. The Balaban J connectivity index is 1.82. The van der Waals surface area contributed by atoms with Gasteiger partial charge in [-0.2, -0.15) is 0 Å². The number of aromatic nitrogens is 3. The summed E-state index contributed by atoms with van der Waals surface area (Å²) in [5, 5.41) is 6.66. The number of pyridine rings is 1. The van der Waals surface area contributed by atoms with Crippen molar-refractivity contribution in [2.45, 2.75) is 40.2 Å². The first-order chi connectivity index (χ1) is 11.6. The van der Waals surface area contributed by atoms with Crippen LogP contribution in [0.5, 0.6) is 0 Å². The third-order valence-electron chi connectivity index (χ3n) is 3.82. The Morgan fingerprint density at radius 2 is 2.08 bits per heavy atom. The molecule has 24 heavy (non-hydrogen) atoms. The van der Waals surface area contributed by atoms with Gasteiger partial charge < -0.3 is 10.6 Å². The largest absolute Gasteiger partial charge is 0.356 e. The summed E-state index contributed by atoms with van der Waals surface area (Å²) in [6.45, 7) is 8.09. The fourth-order valence-electron chi connectivity index (χ4n) is 2.41. The van der Waals surface area contributed by atoms with Crippen LogP contribution >= 0.6 is 0 Å². The second kappa shape index (κ2) is 9.05. The van der Waals surface area contributed by atoms with Gasteiger partial charge in [-0.15, -0.1) is 0 Å². The zero-order chi connectivity index (χ0) is 17.4. The van der Waals surface area contributed by atoms with Crippen molar-refractivity contribution in [1.82, 2.24) is 25.2 Å². The summed E-state index contributed by atoms with van der Waals surface area (Å²) >= 11 is 0. The molecule has 2 aromatic heterocycles. The van der Waals surface area contributed by atoms with E-state index in [0.29, 0.717) is 6.54 Å². The van der Waals surface area contributed by atoms with Gasteiger partial charge in [-0.3, -0.25) is 9.56 Å². The molecule has 0 atom stereocenters. The predicted octanol–water partition coefficient (Wildman–Crippen LogP) is 2.68. The van der Waals surface area contributed by atoms with Crippen molar-refractivity contribution < 1.29 is 0 Å². The highest BCUT2D eigenvalue weighted by molar-refractivity contribution is 5.79. The summed E-state index contributed by atoms with van der Waals surface area (Å²) in [6, 6.07) is 4.07. The number of guanidine groups is 1. The SMILES string of the molecule is CN=C(NCCCC(C)C)NCc1ccc(-n2ccnc2C)nc1. The van der Waals surface area contributed by atoms with Crippen LogP contribution in [0, 0.1) is 12.8 Å². The Labute approximate surface area is 144 Å². The first-order valence-corrected chi connectivity index (χ1v) is 8.50. The van der Waals surface area contributed by atoms with Crippen LogP contribution in [-0.4, -0.2) is 34.1 Å². The summed E-state index contributed by atoms with van der Waals surface area (Å²) in [7, 11) is 1.79. The average Bonchev–Trinajstić information content (AvgIpc) is 3.00. The van der Waals surface area contributed by atoms with Gasteiger partial charge in [0, 0.05) is 38.7 Å². The molecule has 0 spiro atoms. The van der Waals surface area contributed by atoms with Gasteiger partial charge in [-0.05, 0) is 37.3 Å². The van der Waals surface area contributed by atoms with Crippen LogP contribution < -0.4 is 10.6 Å². The topological polar surface area (TPSA) is 67.1 Å². The molecule has 0 saturated carbocycles. The van der Waals surface area contributed by atoms with Crippen molar-refractivity contribution in [2.24, 2.45) is 10.9 Å². The average molecular weight is 328 g/mol. The highest BCUT2D eigenvalue weighted by Crippen LogP contribution is 2.08. The second-order valence-corrected chi connectivity index (χ2v) is 6.26. The number of nitrogens with one attached hydrogen (secondary N) is 2. The van der Waals surface area contributed by atoms with Crippen LogP contribution in [0.1, 0.15) is 38.1 Å². The Morgan fingerprint density at radius 3 is 2.67 bits per heavy atom. The molecule has 0 aliphatic heterocycles. The standard InChI is InChI=1S/C18H28N6/c1-14(2)6-5-9-21-18(19-4)23-13-16-7-8-17(22-12-16)24-11-10-20-15(24)3/h7-8,10-12,14H,5-6,9,13H2,1-4H3,(H2,19,21,23). The van der Waals surface area contributed by atoms with E-state index in [4.69, 9.17) is 0 Å². The van der Waals surface area contributed by atoms with Crippen LogP contribution in [0.25, 0.3) is 5.82 Å². The molecule has 0 radical (unpaired) electrons. The summed E-state index contributed by atoms with van der Waals surface area (Å²) in [5.74, 6) is 3.38. The normalized spacial score (nSPS) is 11.8. The van der Waals surface area contributed by atoms with Crippen molar-refractivity contribution in [2.75, 3.05) is 13.6 Å². The number of hydrogen-bond acceptors (Lipinski definition) is 3. The molecule has 0 bridgehead atoms. The molecule has 2 rings (SSSR count). The molecule has 0 aliphatic rings. The van der Waals surface area contributed by atoms with E-state index >= 15 is 0 Å². The molecule has 2 heterocycles. The van der Waals surface area contributed by atoms with Crippen molar-refractivity contribution in [3.63, 3.8) is 0 Å². The molecule has 0 unspecified atom stereocenters. The summed E-state index contributed by atoms with van der Waals surface area (Å²) in [4.78, 5) is 13.0. The molecule has 2 N–H and O–H groups in total. The molecule has 0 amide bonds. The Hall–Kier alpha value is -2.37. The first kappa shape index (κ1) is 18.0. The van der Waals surface area contributed by atoms with E-state index in [1.54, 1.807) is 13.2 Å². The Bertz CT molecular complexity index is 642. The van der Waals surface area contributed by atoms with Gasteiger partial charge in [-0.1, -0.05) is 19.9 Å². The maximum absolute atomic E-state index is 4.50. The molecule has 0 aromatic carbocycles. The fraction of sp³-hybridized carbons (Fsp3) is 0.500. The smallest absolute Gasteiger partial charge is 0.191 e. The van der Waals surface area contributed by atoms with Crippen molar-refractivity contribution in [1.29, 1.82) is 0 Å². The van der Waals surface area contributed by atoms with E-state index in [9.17, 15) is 0 Å². The highest BCUT2D eigenvalue weighted by Gasteiger charge is 2.03. The zero-order valence-electron chi connectivity index (χ0n) is 15.1. The Morgan fingerprint density at radius 1 is 1.25 bits per heavy atom. The number of aliphatic imine (C=N–C) groups is 1. The van der Waals surface area contributed by atoms with E-state index in [1.807, 2.05) is 30.0 Å². The lowest BCUT2D eigenvalue weighted by Crippen LogP contribution is -2.37. The van der Waals surface area contributed by atoms with E-state index < -0.39 is 0 Å². The lowest BCUT2D eigenvalue weighted by Gasteiger charge is -2.12.